The van der Waals surface area contributed by atoms with Crippen molar-refractivity contribution in [2.45, 2.75) is 18.9 Å². The molecule has 2 aromatic carbocycles. The molecule has 0 bridgehead atoms. The van der Waals surface area contributed by atoms with Crippen molar-refractivity contribution in [3.8, 4) is 11.5 Å². The molecule has 2 N–H and O–H groups in total. The Morgan fingerprint density at radius 3 is 2.89 bits per heavy atom. The van der Waals surface area contributed by atoms with Crippen LogP contribution in [0.3, 0.4) is 0 Å². The van der Waals surface area contributed by atoms with Crippen LogP contribution in [0, 0.1) is 0 Å². The van der Waals surface area contributed by atoms with Gasteiger partial charge in [-0.05, 0) is 43.2 Å². The van der Waals surface area contributed by atoms with Crippen LogP contribution in [-0.2, 0) is 9.53 Å². The Kier molecular flexibility index (Phi) is 6.79. The minimum absolute atomic E-state index is 0.115. The smallest absolute Gasteiger partial charge is 0.243 e. The van der Waals surface area contributed by atoms with Gasteiger partial charge in [-0.1, -0.05) is 17.7 Å². The average Bonchev–Trinajstić information content (AvgIpc) is 3.19. The van der Waals surface area contributed by atoms with Crippen LogP contribution < -0.4 is 20.1 Å². The van der Waals surface area contributed by atoms with E-state index < -0.39 is 0 Å². The summed E-state index contributed by atoms with van der Waals surface area (Å²) in [5, 5.41) is 6.37. The highest BCUT2D eigenvalue weighted by atomic mass is 35.5. The third-order valence-electron chi connectivity index (χ3n) is 4.18. The molecule has 0 aliphatic carbocycles. The normalized spacial score (nSPS) is 16.0. The molecule has 1 fully saturated rings. The van der Waals surface area contributed by atoms with Crippen molar-refractivity contribution in [2.24, 2.45) is 0 Å². The molecular weight excluding hydrogens is 368 g/mol. The highest BCUT2D eigenvalue weighted by Gasteiger charge is 2.16. The molecule has 1 heterocycles. The van der Waals surface area contributed by atoms with Gasteiger partial charge in [-0.15, -0.1) is 0 Å². The Hall–Kier alpha value is -2.44. The zero-order chi connectivity index (χ0) is 19.1. The Balaban J connectivity index is 1.48. The average molecular weight is 391 g/mol. The molecule has 7 heteroatoms. The number of rotatable bonds is 8. The Labute approximate surface area is 163 Å². The number of hydrogen-bond acceptors (Lipinski definition) is 5. The summed E-state index contributed by atoms with van der Waals surface area (Å²) >= 11 is 6.08. The molecule has 0 radical (unpaired) electrons. The lowest BCUT2D eigenvalue weighted by atomic mass is 10.2. The maximum Gasteiger partial charge on any atom is 0.243 e. The molecule has 1 amide bonds. The van der Waals surface area contributed by atoms with E-state index in [-0.39, 0.29) is 18.6 Å². The number of carbonyl (C=O) groups excluding carboxylic acids is 1. The Bertz CT molecular complexity index is 778. The van der Waals surface area contributed by atoms with Crippen molar-refractivity contribution in [1.29, 1.82) is 0 Å². The second kappa shape index (κ2) is 9.48. The molecule has 1 atom stereocenters. The van der Waals surface area contributed by atoms with Crippen LogP contribution >= 0.6 is 11.6 Å². The van der Waals surface area contributed by atoms with Gasteiger partial charge in [0.05, 0.1) is 24.8 Å². The summed E-state index contributed by atoms with van der Waals surface area (Å²) in [4.78, 5) is 12.2. The van der Waals surface area contributed by atoms with Gasteiger partial charge in [-0.25, -0.2) is 0 Å². The van der Waals surface area contributed by atoms with E-state index in [1.54, 1.807) is 31.4 Å². The molecule has 0 saturated carbocycles. The summed E-state index contributed by atoms with van der Waals surface area (Å²) < 4.78 is 16.4. The van der Waals surface area contributed by atoms with E-state index in [2.05, 4.69) is 10.6 Å². The lowest BCUT2D eigenvalue weighted by Gasteiger charge is -2.13. The molecule has 0 aromatic heterocycles. The minimum atomic E-state index is -0.168. The summed E-state index contributed by atoms with van der Waals surface area (Å²) in [6.45, 7) is 1.44. The van der Waals surface area contributed by atoms with E-state index in [1.807, 2.05) is 18.2 Å². The number of methoxy groups -OCH3 is 1. The first-order chi connectivity index (χ1) is 13.1. The standard InChI is InChI=1S/C20H23ClN2O4/c1-25-19-8-7-14(11-18(19)21)22-12-20(24)23-15-4-2-5-16(10-15)27-13-17-6-3-9-26-17/h2,4-5,7-8,10-11,17,22H,3,6,9,12-13H2,1H3,(H,23,24). The molecule has 6 nitrogen and oxygen atoms in total. The van der Waals surface area contributed by atoms with Gasteiger partial charge < -0.3 is 24.8 Å². The van der Waals surface area contributed by atoms with Crippen LogP contribution in [0.4, 0.5) is 11.4 Å². The second-order valence-corrected chi connectivity index (χ2v) is 6.63. The van der Waals surface area contributed by atoms with E-state index >= 15 is 0 Å². The van der Waals surface area contributed by atoms with E-state index in [4.69, 9.17) is 25.8 Å². The van der Waals surface area contributed by atoms with Gasteiger partial charge in [0.2, 0.25) is 5.91 Å². The van der Waals surface area contributed by atoms with Crippen molar-refractivity contribution in [3.05, 3.63) is 47.5 Å². The minimum Gasteiger partial charge on any atom is -0.495 e. The molecule has 144 valence electrons. The van der Waals surface area contributed by atoms with Crippen LogP contribution in [0.2, 0.25) is 5.02 Å². The van der Waals surface area contributed by atoms with E-state index in [0.717, 1.165) is 25.1 Å². The molecule has 1 aliphatic heterocycles. The van der Waals surface area contributed by atoms with Crippen molar-refractivity contribution in [2.75, 3.05) is 37.5 Å². The second-order valence-electron chi connectivity index (χ2n) is 6.22. The van der Waals surface area contributed by atoms with Crippen molar-refractivity contribution >= 4 is 28.9 Å². The molecule has 27 heavy (non-hydrogen) atoms. The molecule has 3 rings (SSSR count). The maximum atomic E-state index is 12.2. The highest BCUT2D eigenvalue weighted by molar-refractivity contribution is 6.32. The summed E-state index contributed by atoms with van der Waals surface area (Å²) in [7, 11) is 1.56. The maximum absolute atomic E-state index is 12.2. The molecule has 2 aromatic rings. The van der Waals surface area contributed by atoms with E-state index in [9.17, 15) is 4.79 Å². The summed E-state index contributed by atoms with van der Waals surface area (Å²) in [5.74, 6) is 1.13. The number of nitrogens with one attached hydrogen (secondary N) is 2. The van der Waals surface area contributed by atoms with Gasteiger partial charge in [0.25, 0.3) is 0 Å². The van der Waals surface area contributed by atoms with Gasteiger partial charge in [-0.2, -0.15) is 0 Å². The lowest BCUT2D eigenvalue weighted by Crippen LogP contribution is -2.21. The number of carbonyl (C=O) groups is 1. The summed E-state index contributed by atoms with van der Waals surface area (Å²) in [5.41, 5.74) is 1.42. The van der Waals surface area contributed by atoms with Gasteiger partial charge in [0.15, 0.2) is 0 Å². The SMILES string of the molecule is COc1ccc(NCC(=O)Nc2cccc(OCC3CCCO3)c2)cc1Cl. The third kappa shape index (κ3) is 5.77. The van der Waals surface area contributed by atoms with Gasteiger partial charge in [-0.3, -0.25) is 4.79 Å². The third-order valence-corrected chi connectivity index (χ3v) is 4.48. The van der Waals surface area contributed by atoms with Crippen molar-refractivity contribution < 1.29 is 19.0 Å². The lowest BCUT2D eigenvalue weighted by molar-refractivity contribution is -0.114. The number of amides is 1. The predicted molar refractivity (Wildman–Crippen MR) is 106 cm³/mol. The topological polar surface area (TPSA) is 68.8 Å². The fourth-order valence-electron chi connectivity index (χ4n) is 2.79. The van der Waals surface area contributed by atoms with Gasteiger partial charge >= 0.3 is 0 Å². The quantitative estimate of drug-likeness (QED) is 0.714. The number of benzene rings is 2. The monoisotopic (exact) mass is 390 g/mol. The van der Waals surface area contributed by atoms with Crippen LogP contribution in [-0.4, -0.2) is 38.9 Å². The van der Waals surface area contributed by atoms with Crippen LogP contribution in [0.15, 0.2) is 42.5 Å². The number of halogens is 1. The van der Waals surface area contributed by atoms with Crippen LogP contribution in [0.1, 0.15) is 12.8 Å². The molecule has 1 unspecified atom stereocenters. The van der Waals surface area contributed by atoms with E-state index in [1.165, 1.54) is 0 Å². The first-order valence-electron chi connectivity index (χ1n) is 8.86. The first-order valence-corrected chi connectivity index (χ1v) is 9.23. The zero-order valence-corrected chi connectivity index (χ0v) is 15.9. The van der Waals surface area contributed by atoms with Crippen molar-refractivity contribution in [3.63, 3.8) is 0 Å². The van der Waals surface area contributed by atoms with Crippen molar-refractivity contribution in [1.82, 2.24) is 0 Å². The summed E-state index contributed by atoms with van der Waals surface area (Å²) in [6, 6.07) is 12.6. The Morgan fingerprint density at radius 2 is 2.15 bits per heavy atom. The van der Waals surface area contributed by atoms with Crippen LogP contribution in [0.25, 0.3) is 0 Å². The number of hydrogen-bond donors (Lipinski definition) is 2. The largest absolute Gasteiger partial charge is 0.495 e. The summed E-state index contributed by atoms with van der Waals surface area (Å²) in [6.07, 6.45) is 2.26. The first kappa shape index (κ1) is 19.3. The number of ether oxygens (including phenoxy) is 3. The molecular formula is C20H23ClN2O4. The van der Waals surface area contributed by atoms with Crippen LogP contribution in [0.5, 0.6) is 11.5 Å². The Morgan fingerprint density at radius 1 is 1.26 bits per heavy atom. The highest BCUT2D eigenvalue weighted by Crippen LogP contribution is 2.27. The molecule has 1 saturated heterocycles. The van der Waals surface area contributed by atoms with Gasteiger partial charge in [0, 0.05) is 24.0 Å². The fourth-order valence-corrected chi connectivity index (χ4v) is 3.05. The molecule has 1 aliphatic rings. The van der Waals surface area contributed by atoms with Gasteiger partial charge in [0.1, 0.15) is 18.1 Å². The molecule has 0 spiro atoms. The predicted octanol–water partition coefficient (Wildman–Crippen LogP) is 3.96. The fraction of sp³-hybridized carbons (Fsp3) is 0.350. The zero-order valence-electron chi connectivity index (χ0n) is 15.2. The van der Waals surface area contributed by atoms with E-state index in [0.29, 0.717) is 28.8 Å². The number of anilines is 2.